The molecule has 3 fully saturated rings. The van der Waals surface area contributed by atoms with E-state index in [4.69, 9.17) is 0 Å². The molecule has 0 radical (unpaired) electrons. The van der Waals surface area contributed by atoms with Gasteiger partial charge in [0.25, 0.3) is 0 Å². The van der Waals surface area contributed by atoms with Gasteiger partial charge in [0.15, 0.2) is 0 Å². The van der Waals surface area contributed by atoms with Crippen LogP contribution in [-0.4, -0.2) is 0 Å². The van der Waals surface area contributed by atoms with Crippen LogP contribution in [0.2, 0.25) is 0 Å². The molecule has 102 valence electrons. The zero-order valence-electron chi connectivity index (χ0n) is 12.5. The fraction of sp³-hybridized carbons (Fsp3) is 1.00. The summed E-state index contributed by atoms with van der Waals surface area (Å²) < 4.78 is 0. The Hall–Kier alpha value is 0. The lowest BCUT2D eigenvalue weighted by Gasteiger charge is -2.22. The van der Waals surface area contributed by atoms with Crippen molar-refractivity contribution in [1.82, 2.24) is 0 Å². The molecule has 0 N–H and O–H groups in total. The molecular formula is C17H34. The second kappa shape index (κ2) is 9.00. The maximum absolute atomic E-state index is 2.28. The SMILES string of the molecule is CCC1CC1.CCC1CCC1.CCCC1CC1. The summed E-state index contributed by atoms with van der Waals surface area (Å²) in [7, 11) is 0. The van der Waals surface area contributed by atoms with E-state index in [-0.39, 0.29) is 0 Å². The Labute approximate surface area is 110 Å². The molecule has 17 heavy (non-hydrogen) atoms. The first-order chi connectivity index (χ1) is 8.30. The Morgan fingerprint density at radius 2 is 1.12 bits per heavy atom. The normalized spacial score (nSPS) is 22.8. The molecule has 0 aromatic carbocycles. The van der Waals surface area contributed by atoms with Crippen LogP contribution in [0.3, 0.4) is 0 Å². The zero-order chi connectivity index (χ0) is 12.5. The highest BCUT2D eigenvalue weighted by Crippen LogP contribution is 2.33. The summed E-state index contributed by atoms with van der Waals surface area (Å²) in [5, 5.41) is 0. The second-order valence-electron chi connectivity index (χ2n) is 6.29. The van der Waals surface area contributed by atoms with E-state index in [0.29, 0.717) is 0 Å². The average molecular weight is 238 g/mol. The van der Waals surface area contributed by atoms with Gasteiger partial charge in [0.1, 0.15) is 0 Å². The molecule has 3 aliphatic rings. The molecule has 0 aromatic heterocycles. The average Bonchev–Trinajstić information content (AvgIpc) is 3.14. The largest absolute Gasteiger partial charge is 0.0654 e. The third-order valence-corrected chi connectivity index (χ3v) is 4.47. The standard InChI is InChI=1S/2C6H12.C5H10/c1-2-6-4-3-5-6;1-2-3-6-4-5-6;1-2-5-3-4-5/h2*6H,2-5H2,1H3;5H,2-4H2,1H3. The molecule has 0 heteroatoms. The monoisotopic (exact) mass is 238 g/mol. The van der Waals surface area contributed by atoms with Crippen LogP contribution in [0.5, 0.6) is 0 Å². The van der Waals surface area contributed by atoms with Crippen molar-refractivity contribution in [3.63, 3.8) is 0 Å². The third kappa shape index (κ3) is 8.69. The van der Waals surface area contributed by atoms with Gasteiger partial charge in [-0.05, 0) is 17.8 Å². The Morgan fingerprint density at radius 3 is 1.18 bits per heavy atom. The van der Waals surface area contributed by atoms with E-state index in [2.05, 4.69) is 20.8 Å². The minimum absolute atomic E-state index is 1.12. The van der Waals surface area contributed by atoms with Crippen LogP contribution in [-0.2, 0) is 0 Å². The Bertz CT molecular complexity index is 158. The maximum atomic E-state index is 2.28. The molecule has 3 saturated carbocycles. The lowest BCUT2D eigenvalue weighted by atomic mass is 9.84. The van der Waals surface area contributed by atoms with E-state index in [0.717, 1.165) is 17.8 Å². The summed E-state index contributed by atoms with van der Waals surface area (Å²) in [6.07, 6.45) is 16.3. The topological polar surface area (TPSA) is 0 Å². The van der Waals surface area contributed by atoms with Crippen molar-refractivity contribution in [3.05, 3.63) is 0 Å². The van der Waals surface area contributed by atoms with Crippen LogP contribution in [0.15, 0.2) is 0 Å². The summed E-state index contributed by atoms with van der Waals surface area (Å²) in [5.74, 6) is 3.40. The summed E-state index contributed by atoms with van der Waals surface area (Å²) in [6.45, 7) is 6.81. The van der Waals surface area contributed by atoms with Crippen molar-refractivity contribution >= 4 is 0 Å². The van der Waals surface area contributed by atoms with E-state index in [9.17, 15) is 0 Å². The van der Waals surface area contributed by atoms with Crippen LogP contribution in [0.25, 0.3) is 0 Å². The fourth-order valence-corrected chi connectivity index (χ4v) is 2.24. The van der Waals surface area contributed by atoms with Gasteiger partial charge in [-0.3, -0.25) is 0 Å². The summed E-state index contributed by atoms with van der Waals surface area (Å²) >= 11 is 0. The molecule has 0 nitrogen and oxygen atoms in total. The van der Waals surface area contributed by atoms with Crippen LogP contribution < -0.4 is 0 Å². The molecule has 3 aliphatic carbocycles. The van der Waals surface area contributed by atoms with Crippen molar-refractivity contribution in [1.29, 1.82) is 0 Å². The first-order valence-electron chi connectivity index (χ1n) is 8.30. The first kappa shape index (κ1) is 15.1. The predicted octanol–water partition coefficient (Wildman–Crippen LogP) is 6.20. The van der Waals surface area contributed by atoms with E-state index >= 15 is 0 Å². The van der Waals surface area contributed by atoms with Crippen LogP contribution >= 0.6 is 0 Å². The highest BCUT2D eigenvalue weighted by Gasteiger charge is 2.18. The Morgan fingerprint density at radius 1 is 0.647 bits per heavy atom. The van der Waals surface area contributed by atoms with E-state index < -0.39 is 0 Å². The van der Waals surface area contributed by atoms with Crippen molar-refractivity contribution in [3.8, 4) is 0 Å². The fourth-order valence-electron chi connectivity index (χ4n) is 2.24. The van der Waals surface area contributed by atoms with Crippen molar-refractivity contribution in [2.45, 2.75) is 91.4 Å². The van der Waals surface area contributed by atoms with Gasteiger partial charge in [-0.15, -0.1) is 0 Å². The minimum Gasteiger partial charge on any atom is -0.0654 e. The highest BCUT2D eigenvalue weighted by atomic mass is 14.2. The van der Waals surface area contributed by atoms with Gasteiger partial charge < -0.3 is 0 Å². The van der Waals surface area contributed by atoms with Gasteiger partial charge in [0.2, 0.25) is 0 Å². The molecule has 0 heterocycles. The Balaban J connectivity index is 0.000000128. The van der Waals surface area contributed by atoms with Gasteiger partial charge in [0, 0.05) is 0 Å². The summed E-state index contributed by atoms with van der Waals surface area (Å²) in [5.41, 5.74) is 0. The van der Waals surface area contributed by atoms with Gasteiger partial charge in [0.05, 0.1) is 0 Å². The highest BCUT2D eigenvalue weighted by molar-refractivity contribution is 4.71. The van der Waals surface area contributed by atoms with Gasteiger partial charge in [-0.25, -0.2) is 0 Å². The van der Waals surface area contributed by atoms with Crippen LogP contribution in [0.4, 0.5) is 0 Å². The summed E-state index contributed by atoms with van der Waals surface area (Å²) in [4.78, 5) is 0. The second-order valence-corrected chi connectivity index (χ2v) is 6.29. The molecule has 0 unspecified atom stereocenters. The minimum atomic E-state index is 1.12. The van der Waals surface area contributed by atoms with Crippen molar-refractivity contribution < 1.29 is 0 Å². The number of hydrogen-bond acceptors (Lipinski definition) is 0. The van der Waals surface area contributed by atoms with Crippen molar-refractivity contribution in [2.75, 3.05) is 0 Å². The molecule has 0 saturated heterocycles. The van der Waals surface area contributed by atoms with Crippen LogP contribution in [0.1, 0.15) is 91.4 Å². The molecular weight excluding hydrogens is 204 g/mol. The van der Waals surface area contributed by atoms with Gasteiger partial charge in [-0.2, -0.15) is 0 Å². The quantitative estimate of drug-likeness (QED) is 0.547. The molecule has 3 rings (SSSR count). The van der Waals surface area contributed by atoms with Crippen LogP contribution in [0, 0.1) is 17.8 Å². The molecule has 0 bridgehead atoms. The van der Waals surface area contributed by atoms with E-state index in [1.807, 2.05) is 0 Å². The molecule has 0 aliphatic heterocycles. The lowest BCUT2D eigenvalue weighted by Crippen LogP contribution is -2.08. The van der Waals surface area contributed by atoms with Gasteiger partial charge in [-0.1, -0.05) is 91.4 Å². The van der Waals surface area contributed by atoms with E-state index in [1.165, 1.54) is 70.6 Å². The summed E-state index contributed by atoms with van der Waals surface area (Å²) in [6, 6.07) is 0. The van der Waals surface area contributed by atoms with Crippen molar-refractivity contribution in [2.24, 2.45) is 17.8 Å². The third-order valence-electron chi connectivity index (χ3n) is 4.47. The molecule has 0 atom stereocenters. The van der Waals surface area contributed by atoms with E-state index in [1.54, 1.807) is 0 Å². The van der Waals surface area contributed by atoms with Gasteiger partial charge >= 0.3 is 0 Å². The zero-order valence-corrected chi connectivity index (χ0v) is 12.5. The number of rotatable bonds is 4. The predicted molar refractivity (Wildman–Crippen MR) is 78.3 cm³/mol. The molecule has 0 spiro atoms. The Kier molecular flexibility index (Phi) is 7.97. The maximum Gasteiger partial charge on any atom is -0.0414 e. The molecule has 0 aromatic rings. The first-order valence-corrected chi connectivity index (χ1v) is 8.30. The smallest absolute Gasteiger partial charge is 0.0414 e. The number of hydrogen-bond donors (Lipinski definition) is 0. The molecule has 0 amide bonds. The lowest BCUT2D eigenvalue weighted by molar-refractivity contribution is 0.307.